The van der Waals surface area contributed by atoms with Crippen LogP contribution in [0.2, 0.25) is 0 Å². The number of carbonyl (C=O) groups is 4. The van der Waals surface area contributed by atoms with Gasteiger partial charge in [0.1, 0.15) is 5.75 Å². The Labute approximate surface area is 213 Å². The highest BCUT2D eigenvalue weighted by Gasteiger charge is 2.59. The molecule has 2 heterocycles. The van der Waals surface area contributed by atoms with E-state index in [1.54, 1.807) is 54.6 Å². The number of likely N-dealkylation sites (tertiary alicyclic amines) is 1. The number of anilines is 1. The summed E-state index contributed by atoms with van der Waals surface area (Å²) in [5, 5.41) is 0. The van der Waals surface area contributed by atoms with Crippen molar-refractivity contribution in [3.8, 4) is 5.75 Å². The van der Waals surface area contributed by atoms with Gasteiger partial charge in [-0.2, -0.15) is 0 Å². The number of nitrogens with zero attached hydrogens (tertiary/aromatic N) is 2. The molecule has 3 aromatic carbocycles. The van der Waals surface area contributed by atoms with E-state index in [9.17, 15) is 19.2 Å². The minimum atomic E-state index is -0.911. The molecule has 37 heavy (non-hydrogen) atoms. The molecule has 0 spiro atoms. The van der Waals surface area contributed by atoms with E-state index in [0.29, 0.717) is 17.0 Å². The first-order valence-corrected chi connectivity index (χ1v) is 12.3. The third kappa shape index (κ3) is 3.83. The molecule has 1 aliphatic carbocycles. The molecule has 0 bridgehead atoms. The highest BCUT2D eigenvalue weighted by atomic mass is 16.6. The highest BCUT2D eigenvalue weighted by molar-refractivity contribution is 6.23. The minimum Gasteiger partial charge on any atom is -0.410 e. The first-order valence-electron chi connectivity index (χ1n) is 12.3. The Morgan fingerprint density at radius 2 is 1.41 bits per heavy atom. The van der Waals surface area contributed by atoms with Crippen molar-refractivity contribution >= 4 is 29.4 Å². The number of allylic oxidation sites excluding steroid dienone is 1. The number of rotatable bonds is 3. The third-order valence-electron chi connectivity index (χ3n) is 7.42. The number of benzene rings is 3. The fourth-order valence-corrected chi connectivity index (χ4v) is 5.78. The van der Waals surface area contributed by atoms with Gasteiger partial charge in [0.25, 0.3) is 0 Å². The van der Waals surface area contributed by atoms with Crippen LogP contribution < -0.4 is 9.64 Å². The molecular weight excluding hydrogens is 468 g/mol. The van der Waals surface area contributed by atoms with Gasteiger partial charge in [-0.3, -0.25) is 19.3 Å². The van der Waals surface area contributed by atoms with Gasteiger partial charge in [0.05, 0.1) is 29.6 Å². The first kappa shape index (κ1) is 22.9. The predicted molar refractivity (Wildman–Crippen MR) is 136 cm³/mol. The number of imide groups is 1. The number of para-hydroxylation sites is 2. The average Bonchev–Trinajstić information content (AvgIpc) is 3.19. The van der Waals surface area contributed by atoms with Crippen LogP contribution in [0.15, 0.2) is 103 Å². The Balaban J connectivity index is 1.45. The number of Topliss-reactive ketones (excluding diaryl/α,β-unsaturated/α-hetero) is 1. The maximum atomic E-state index is 13.9. The molecule has 184 valence electrons. The third-order valence-corrected chi connectivity index (χ3v) is 7.42. The van der Waals surface area contributed by atoms with Crippen LogP contribution in [0.25, 0.3) is 0 Å². The number of hydrogen-bond acceptors (Lipinski definition) is 5. The molecule has 3 aliphatic rings. The van der Waals surface area contributed by atoms with Gasteiger partial charge in [-0.25, -0.2) is 9.69 Å². The largest absolute Gasteiger partial charge is 0.416 e. The predicted octanol–water partition coefficient (Wildman–Crippen LogP) is 4.71. The van der Waals surface area contributed by atoms with Gasteiger partial charge in [0.2, 0.25) is 11.8 Å². The average molecular weight is 493 g/mol. The Bertz CT molecular complexity index is 1400. The van der Waals surface area contributed by atoms with E-state index < -0.39 is 35.9 Å². The van der Waals surface area contributed by atoms with Gasteiger partial charge < -0.3 is 4.74 Å². The summed E-state index contributed by atoms with van der Waals surface area (Å²) in [6.07, 6.45) is 1.41. The van der Waals surface area contributed by atoms with Crippen LogP contribution in [0.5, 0.6) is 5.75 Å². The molecule has 0 aromatic heterocycles. The van der Waals surface area contributed by atoms with Gasteiger partial charge >= 0.3 is 6.09 Å². The van der Waals surface area contributed by atoms with Crippen molar-refractivity contribution in [3.63, 3.8) is 0 Å². The lowest BCUT2D eigenvalue weighted by Gasteiger charge is -2.46. The fourth-order valence-electron chi connectivity index (χ4n) is 5.78. The van der Waals surface area contributed by atoms with Crippen LogP contribution in [0.4, 0.5) is 10.5 Å². The van der Waals surface area contributed by atoms with E-state index in [2.05, 4.69) is 0 Å². The lowest BCUT2D eigenvalue weighted by Crippen LogP contribution is -2.57. The second-order valence-corrected chi connectivity index (χ2v) is 9.46. The molecule has 7 nitrogen and oxygen atoms in total. The van der Waals surface area contributed by atoms with Crippen LogP contribution in [0.1, 0.15) is 24.4 Å². The second-order valence-electron chi connectivity index (χ2n) is 9.46. The molecule has 3 amide bonds. The van der Waals surface area contributed by atoms with Crippen molar-refractivity contribution in [1.82, 2.24) is 4.90 Å². The van der Waals surface area contributed by atoms with Crippen LogP contribution >= 0.6 is 0 Å². The lowest BCUT2D eigenvalue weighted by atomic mass is 9.71. The van der Waals surface area contributed by atoms with Crippen molar-refractivity contribution in [3.05, 3.63) is 108 Å². The first-order chi connectivity index (χ1) is 18.0. The molecule has 2 saturated heterocycles. The second kappa shape index (κ2) is 9.17. The van der Waals surface area contributed by atoms with Crippen molar-refractivity contribution < 1.29 is 23.9 Å². The molecule has 0 saturated carbocycles. The van der Waals surface area contributed by atoms with E-state index in [-0.39, 0.29) is 24.5 Å². The van der Waals surface area contributed by atoms with E-state index in [1.165, 1.54) is 9.80 Å². The van der Waals surface area contributed by atoms with Crippen molar-refractivity contribution in [2.45, 2.75) is 24.9 Å². The number of piperidine rings is 1. The quantitative estimate of drug-likeness (QED) is 0.495. The summed E-state index contributed by atoms with van der Waals surface area (Å²) in [6, 6.07) is 25.2. The SMILES string of the molecule is O=C1C[C@H](c2ccccc2)N(C(=O)Oc2ccccc2)[C@@H]2C1=CC[C@@H]1C(=O)N(c3ccccc3)C(=O)[C@@H]12. The monoisotopic (exact) mass is 492 g/mol. The maximum Gasteiger partial charge on any atom is 0.416 e. The number of amides is 3. The topological polar surface area (TPSA) is 84.0 Å². The summed E-state index contributed by atoms with van der Waals surface area (Å²) in [7, 11) is 0. The lowest BCUT2D eigenvalue weighted by molar-refractivity contribution is -0.126. The van der Waals surface area contributed by atoms with Crippen LogP contribution in [-0.4, -0.2) is 34.6 Å². The van der Waals surface area contributed by atoms with Gasteiger partial charge in [-0.1, -0.05) is 72.8 Å². The normalized spacial score (nSPS) is 24.9. The number of carbonyl (C=O) groups excluding carboxylic acids is 4. The highest BCUT2D eigenvalue weighted by Crippen LogP contribution is 2.48. The molecule has 4 atom stereocenters. The van der Waals surface area contributed by atoms with Crippen molar-refractivity contribution in [2.24, 2.45) is 11.8 Å². The van der Waals surface area contributed by atoms with E-state index in [4.69, 9.17) is 4.74 Å². The Hall–Kier alpha value is -4.52. The molecule has 0 unspecified atom stereocenters. The van der Waals surface area contributed by atoms with E-state index in [0.717, 1.165) is 5.56 Å². The van der Waals surface area contributed by atoms with Gasteiger partial charge in [0, 0.05) is 12.0 Å². The van der Waals surface area contributed by atoms with Gasteiger partial charge in [-0.05, 0) is 36.2 Å². The molecule has 0 N–H and O–H groups in total. The summed E-state index contributed by atoms with van der Waals surface area (Å²) in [5.41, 5.74) is 1.64. The zero-order chi connectivity index (χ0) is 25.5. The molecule has 3 aromatic rings. The number of ether oxygens (including phenoxy) is 1. The minimum absolute atomic E-state index is 0.0676. The summed E-state index contributed by atoms with van der Waals surface area (Å²) in [4.78, 5) is 57.3. The Morgan fingerprint density at radius 3 is 2.08 bits per heavy atom. The molecule has 2 aliphatic heterocycles. The number of ketones is 1. The number of hydrogen-bond donors (Lipinski definition) is 0. The van der Waals surface area contributed by atoms with Crippen molar-refractivity contribution in [1.29, 1.82) is 0 Å². The van der Waals surface area contributed by atoms with Crippen LogP contribution in [-0.2, 0) is 14.4 Å². The Morgan fingerprint density at radius 1 is 0.784 bits per heavy atom. The summed E-state index contributed by atoms with van der Waals surface area (Å²) < 4.78 is 5.75. The van der Waals surface area contributed by atoms with E-state index in [1.807, 2.05) is 42.5 Å². The smallest absolute Gasteiger partial charge is 0.410 e. The van der Waals surface area contributed by atoms with Gasteiger partial charge in [0.15, 0.2) is 5.78 Å². The summed E-state index contributed by atoms with van der Waals surface area (Å²) >= 11 is 0. The standard InChI is InChI=1S/C30H24N2O5/c33-25-18-24(19-10-4-1-5-11-19)32(30(36)37-21-14-8-3-9-15-21)27-22(25)16-17-23-26(27)29(35)31(28(23)34)20-12-6-2-7-13-20/h1-16,23-24,26-27H,17-18H2/t23-,24+,26-,27+/m0/s1. The summed E-state index contributed by atoms with van der Waals surface area (Å²) in [6.45, 7) is 0. The van der Waals surface area contributed by atoms with Gasteiger partial charge in [-0.15, -0.1) is 0 Å². The van der Waals surface area contributed by atoms with Crippen LogP contribution in [0.3, 0.4) is 0 Å². The Kier molecular flexibility index (Phi) is 5.68. The molecular formula is C30H24N2O5. The zero-order valence-electron chi connectivity index (χ0n) is 19.9. The molecule has 6 rings (SSSR count). The maximum absolute atomic E-state index is 13.9. The molecule has 0 radical (unpaired) electrons. The fraction of sp³-hybridized carbons (Fsp3) is 0.200. The zero-order valence-corrected chi connectivity index (χ0v) is 19.9. The van der Waals surface area contributed by atoms with Crippen LogP contribution in [0, 0.1) is 11.8 Å². The van der Waals surface area contributed by atoms with E-state index >= 15 is 0 Å². The molecule has 2 fully saturated rings. The summed E-state index contributed by atoms with van der Waals surface area (Å²) in [5.74, 6) is -2.05. The van der Waals surface area contributed by atoms with Crippen molar-refractivity contribution in [2.75, 3.05) is 4.90 Å². The molecule has 7 heteroatoms. The number of fused-ring (bicyclic) bond motifs is 3.